The summed E-state index contributed by atoms with van der Waals surface area (Å²) in [5.74, 6) is -1.83. The number of pyridine rings is 1. The van der Waals surface area contributed by atoms with Crippen LogP contribution in [-0.4, -0.2) is 43.2 Å². The van der Waals surface area contributed by atoms with Crippen molar-refractivity contribution in [1.29, 1.82) is 0 Å². The number of esters is 1. The van der Waals surface area contributed by atoms with Crippen LogP contribution in [-0.2, 0) is 19.6 Å². The zero-order chi connectivity index (χ0) is 23.1. The SMILES string of the molecule is CC(CNS(=O)(=O)c1ccc(-c2ccnc3[nH]c(C4CC4)cc23)cc1)OC(=O)C(F)(F)F. The minimum Gasteiger partial charge on any atom is -0.455 e. The van der Waals surface area contributed by atoms with E-state index in [-0.39, 0.29) is 4.90 Å². The number of benzene rings is 1. The van der Waals surface area contributed by atoms with Gasteiger partial charge in [-0.1, -0.05) is 12.1 Å². The normalized spacial score (nSPS) is 15.6. The summed E-state index contributed by atoms with van der Waals surface area (Å²) in [4.78, 5) is 18.5. The summed E-state index contributed by atoms with van der Waals surface area (Å²) < 4.78 is 68.0. The van der Waals surface area contributed by atoms with Gasteiger partial charge in [0.25, 0.3) is 0 Å². The molecule has 0 aliphatic heterocycles. The van der Waals surface area contributed by atoms with Crippen LogP contribution in [0.5, 0.6) is 0 Å². The van der Waals surface area contributed by atoms with Gasteiger partial charge in [-0.25, -0.2) is 22.9 Å². The molecule has 0 spiro atoms. The van der Waals surface area contributed by atoms with Gasteiger partial charge in [-0.15, -0.1) is 0 Å². The summed E-state index contributed by atoms with van der Waals surface area (Å²) in [6.07, 6.45) is -2.45. The third kappa shape index (κ3) is 4.78. The number of ether oxygens (including phenoxy) is 1. The molecule has 11 heteroatoms. The maximum Gasteiger partial charge on any atom is 0.490 e. The van der Waals surface area contributed by atoms with Gasteiger partial charge in [0.15, 0.2) is 0 Å². The Morgan fingerprint density at radius 2 is 1.94 bits per heavy atom. The van der Waals surface area contributed by atoms with Gasteiger partial charge in [0.2, 0.25) is 10.0 Å². The Labute approximate surface area is 182 Å². The Hall–Kier alpha value is -2.92. The van der Waals surface area contributed by atoms with E-state index < -0.39 is 34.8 Å². The van der Waals surface area contributed by atoms with Crippen LogP contribution >= 0.6 is 0 Å². The molecule has 7 nitrogen and oxygen atoms in total. The molecule has 1 aliphatic rings. The van der Waals surface area contributed by atoms with Crippen LogP contribution in [0.25, 0.3) is 22.2 Å². The number of H-pyrrole nitrogens is 1. The van der Waals surface area contributed by atoms with Gasteiger partial charge in [-0.05, 0) is 61.1 Å². The fourth-order valence-corrected chi connectivity index (χ4v) is 4.44. The summed E-state index contributed by atoms with van der Waals surface area (Å²) in [6, 6.07) is 10.0. The summed E-state index contributed by atoms with van der Waals surface area (Å²) in [6.45, 7) is 0.668. The van der Waals surface area contributed by atoms with Crippen LogP contribution in [0.3, 0.4) is 0 Å². The largest absolute Gasteiger partial charge is 0.490 e. The fourth-order valence-electron chi connectivity index (χ4n) is 3.33. The number of halogens is 3. The topological polar surface area (TPSA) is 101 Å². The van der Waals surface area contributed by atoms with Gasteiger partial charge in [0, 0.05) is 23.8 Å². The number of fused-ring (bicyclic) bond motifs is 1. The Balaban J connectivity index is 1.47. The third-order valence-corrected chi connectivity index (χ3v) is 6.59. The predicted molar refractivity (Wildman–Crippen MR) is 110 cm³/mol. The Morgan fingerprint density at radius 1 is 1.25 bits per heavy atom. The second-order valence-corrected chi connectivity index (χ2v) is 9.48. The molecule has 2 heterocycles. The van der Waals surface area contributed by atoms with Crippen LogP contribution in [0.1, 0.15) is 31.4 Å². The number of carbonyl (C=O) groups is 1. The van der Waals surface area contributed by atoms with Crippen LogP contribution < -0.4 is 4.72 Å². The second-order valence-electron chi connectivity index (χ2n) is 7.71. The van der Waals surface area contributed by atoms with E-state index in [2.05, 4.69) is 25.5 Å². The van der Waals surface area contributed by atoms with E-state index in [0.29, 0.717) is 5.92 Å². The monoisotopic (exact) mass is 467 g/mol. The number of rotatable bonds is 7. The first-order valence-electron chi connectivity index (χ1n) is 9.90. The van der Waals surface area contributed by atoms with Gasteiger partial charge < -0.3 is 9.72 Å². The van der Waals surface area contributed by atoms with Gasteiger partial charge in [-0.3, -0.25) is 0 Å². The molecule has 0 amide bonds. The smallest absolute Gasteiger partial charge is 0.455 e. The van der Waals surface area contributed by atoms with Crippen molar-refractivity contribution in [2.75, 3.05) is 6.54 Å². The number of aromatic amines is 1. The predicted octanol–water partition coefficient (Wildman–Crippen LogP) is 3.88. The molecule has 0 saturated heterocycles. The molecule has 1 unspecified atom stereocenters. The highest BCUT2D eigenvalue weighted by atomic mass is 32.2. The van der Waals surface area contributed by atoms with Crippen molar-refractivity contribution in [1.82, 2.24) is 14.7 Å². The number of nitrogens with zero attached hydrogens (tertiary/aromatic N) is 1. The number of nitrogens with one attached hydrogen (secondary N) is 2. The maximum atomic E-state index is 12.5. The molecule has 1 atom stereocenters. The molecule has 3 aromatic rings. The number of sulfonamides is 1. The van der Waals surface area contributed by atoms with Crippen LogP contribution in [0.4, 0.5) is 13.2 Å². The number of aromatic nitrogens is 2. The Kier molecular flexibility index (Phi) is 5.72. The average Bonchev–Trinajstić information content (AvgIpc) is 3.50. The molecule has 1 saturated carbocycles. The van der Waals surface area contributed by atoms with Crippen molar-refractivity contribution >= 4 is 27.0 Å². The maximum absolute atomic E-state index is 12.5. The van der Waals surface area contributed by atoms with Crippen molar-refractivity contribution in [3.05, 3.63) is 48.3 Å². The molecular weight excluding hydrogens is 447 g/mol. The van der Waals surface area contributed by atoms with E-state index >= 15 is 0 Å². The Morgan fingerprint density at radius 3 is 2.56 bits per heavy atom. The van der Waals surface area contributed by atoms with Gasteiger partial charge in [0.1, 0.15) is 11.8 Å². The summed E-state index contributed by atoms with van der Waals surface area (Å²) in [5.41, 5.74) is 3.61. The van der Waals surface area contributed by atoms with E-state index in [9.17, 15) is 26.4 Å². The highest BCUT2D eigenvalue weighted by Crippen LogP contribution is 2.41. The van der Waals surface area contributed by atoms with Crippen molar-refractivity contribution in [2.45, 2.75) is 42.9 Å². The summed E-state index contributed by atoms with van der Waals surface area (Å²) >= 11 is 0. The molecule has 170 valence electrons. The molecule has 0 radical (unpaired) electrons. The second kappa shape index (κ2) is 8.21. The lowest BCUT2D eigenvalue weighted by Crippen LogP contribution is -2.36. The fraction of sp³-hybridized carbons (Fsp3) is 0.333. The highest BCUT2D eigenvalue weighted by molar-refractivity contribution is 7.89. The van der Waals surface area contributed by atoms with Crippen LogP contribution in [0.15, 0.2) is 47.5 Å². The van der Waals surface area contributed by atoms with E-state index in [1.54, 1.807) is 18.3 Å². The van der Waals surface area contributed by atoms with Crippen LogP contribution in [0.2, 0.25) is 0 Å². The highest BCUT2D eigenvalue weighted by Gasteiger charge is 2.41. The van der Waals surface area contributed by atoms with Crippen LogP contribution in [0, 0.1) is 0 Å². The molecule has 1 fully saturated rings. The quantitative estimate of drug-likeness (QED) is 0.514. The Bertz CT molecular complexity index is 1250. The van der Waals surface area contributed by atoms with E-state index in [1.807, 2.05) is 6.07 Å². The van der Waals surface area contributed by atoms with Crippen molar-refractivity contribution in [3.63, 3.8) is 0 Å². The molecule has 1 aliphatic carbocycles. The van der Waals surface area contributed by atoms with Crippen molar-refractivity contribution < 1.29 is 31.1 Å². The van der Waals surface area contributed by atoms with E-state index in [1.165, 1.54) is 12.1 Å². The zero-order valence-corrected chi connectivity index (χ0v) is 17.8. The lowest BCUT2D eigenvalue weighted by molar-refractivity contribution is -0.203. The standard InChI is InChI=1S/C21H20F3N3O4S/c1-12(31-20(28)21(22,23)24)11-26-32(29,30)15-6-4-13(5-7-15)16-8-9-25-19-17(16)10-18(27-19)14-2-3-14/h4-10,12,14,26H,2-3,11H2,1H3,(H,25,27). The first-order valence-corrected chi connectivity index (χ1v) is 11.4. The van der Waals surface area contributed by atoms with Gasteiger partial charge >= 0.3 is 12.1 Å². The minimum absolute atomic E-state index is 0.0614. The van der Waals surface area contributed by atoms with E-state index in [0.717, 1.165) is 47.6 Å². The lowest BCUT2D eigenvalue weighted by Gasteiger charge is -2.15. The molecule has 2 aromatic heterocycles. The van der Waals surface area contributed by atoms with Gasteiger partial charge in [-0.2, -0.15) is 13.2 Å². The van der Waals surface area contributed by atoms with Crippen molar-refractivity contribution in [2.24, 2.45) is 0 Å². The molecule has 1 aromatic carbocycles. The van der Waals surface area contributed by atoms with Gasteiger partial charge in [0.05, 0.1) is 4.90 Å². The number of alkyl halides is 3. The summed E-state index contributed by atoms with van der Waals surface area (Å²) in [5, 5.41) is 0.948. The number of carbonyl (C=O) groups excluding carboxylic acids is 1. The molecule has 2 N–H and O–H groups in total. The number of hydrogen-bond donors (Lipinski definition) is 2. The van der Waals surface area contributed by atoms with E-state index in [4.69, 9.17) is 0 Å². The first-order chi connectivity index (χ1) is 15.0. The number of hydrogen-bond acceptors (Lipinski definition) is 5. The van der Waals surface area contributed by atoms with Crippen molar-refractivity contribution in [3.8, 4) is 11.1 Å². The lowest BCUT2D eigenvalue weighted by atomic mass is 10.0. The molecule has 0 bridgehead atoms. The average molecular weight is 467 g/mol. The first kappa shape index (κ1) is 22.3. The molecule has 32 heavy (non-hydrogen) atoms. The third-order valence-electron chi connectivity index (χ3n) is 5.15. The molecule has 4 rings (SSSR count). The summed E-state index contributed by atoms with van der Waals surface area (Å²) in [7, 11) is -4.01. The minimum atomic E-state index is -5.14. The molecular formula is C21H20F3N3O4S. The zero-order valence-electron chi connectivity index (χ0n) is 16.9.